The summed E-state index contributed by atoms with van der Waals surface area (Å²) in [5.74, 6) is -4.03. The normalized spacial score (nSPS) is 14.1. The summed E-state index contributed by atoms with van der Waals surface area (Å²) >= 11 is 1.45. The lowest BCUT2D eigenvalue weighted by atomic mass is 10.0. The fourth-order valence-corrected chi connectivity index (χ4v) is 3.43. The number of phenols is 1. The van der Waals surface area contributed by atoms with Crippen LogP contribution in [-0.2, 0) is 30.4 Å². The minimum Gasteiger partial charge on any atom is -0.508 e. The highest BCUT2D eigenvalue weighted by Gasteiger charge is 2.28. The van der Waals surface area contributed by atoms with Crippen LogP contribution in [0.15, 0.2) is 24.3 Å². The van der Waals surface area contributed by atoms with E-state index in [1.165, 1.54) is 30.8 Å². The predicted octanol–water partition coefficient (Wildman–Crippen LogP) is -0.561. The molecule has 13 heteroatoms. The Morgan fingerprint density at radius 2 is 1.51 bits per heavy atom. The molecule has 4 unspecified atom stereocenters. The van der Waals surface area contributed by atoms with Crippen LogP contribution in [-0.4, -0.2) is 81.2 Å². The third-order valence-electron chi connectivity index (χ3n) is 4.99. The highest BCUT2D eigenvalue weighted by Crippen LogP contribution is 2.11. The van der Waals surface area contributed by atoms with Gasteiger partial charge in [-0.05, 0) is 55.9 Å². The fraction of sp³-hybridized carbons (Fsp3) is 0.500. The number of carboxylic acid groups (broad SMARTS) is 2. The molecular weight excluding hydrogens is 480 g/mol. The van der Waals surface area contributed by atoms with Crippen LogP contribution in [0.3, 0.4) is 0 Å². The van der Waals surface area contributed by atoms with Gasteiger partial charge in [-0.25, -0.2) is 4.79 Å². The van der Waals surface area contributed by atoms with Crippen molar-refractivity contribution in [1.82, 2.24) is 16.0 Å². The molecule has 0 heterocycles. The average molecular weight is 513 g/mol. The zero-order valence-electron chi connectivity index (χ0n) is 19.5. The molecule has 0 aromatic heterocycles. The minimum absolute atomic E-state index is 0.0790. The summed E-state index contributed by atoms with van der Waals surface area (Å²) in [5.41, 5.74) is 6.69. The summed E-state index contributed by atoms with van der Waals surface area (Å²) < 4.78 is 0. The van der Waals surface area contributed by atoms with Gasteiger partial charge in [0.15, 0.2) is 0 Å². The predicted molar refractivity (Wildman–Crippen MR) is 129 cm³/mol. The lowest BCUT2D eigenvalue weighted by Gasteiger charge is -2.23. The van der Waals surface area contributed by atoms with Crippen molar-refractivity contribution in [3.05, 3.63) is 29.8 Å². The van der Waals surface area contributed by atoms with Crippen molar-refractivity contribution in [3.63, 3.8) is 0 Å². The van der Waals surface area contributed by atoms with Gasteiger partial charge in [0.1, 0.15) is 23.9 Å². The Kier molecular flexibility index (Phi) is 12.6. The van der Waals surface area contributed by atoms with Crippen LogP contribution in [0.25, 0.3) is 0 Å². The van der Waals surface area contributed by atoms with Gasteiger partial charge < -0.3 is 37.0 Å². The van der Waals surface area contributed by atoms with Crippen LogP contribution in [0, 0.1) is 0 Å². The second kappa shape index (κ2) is 14.8. The number of nitrogens with one attached hydrogen (secondary N) is 3. The molecule has 0 bridgehead atoms. The lowest BCUT2D eigenvalue weighted by molar-refractivity contribution is -0.143. The first-order chi connectivity index (χ1) is 16.4. The van der Waals surface area contributed by atoms with Crippen LogP contribution < -0.4 is 21.7 Å². The molecule has 12 nitrogen and oxygen atoms in total. The van der Waals surface area contributed by atoms with Crippen LogP contribution in [0.4, 0.5) is 0 Å². The van der Waals surface area contributed by atoms with Gasteiger partial charge in [-0.1, -0.05) is 12.1 Å². The summed E-state index contributed by atoms with van der Waals surface area (Å²) in [7, 11) is 0. The number of carbonyl (C=O) groups is 5. The number of aliphatic carboxylic acids is 2. The standard InChI is InChI=1S/C22H32N4O8S/c1-12(19(30)26-17(22(33)34)7-8-18(28)29)24-21(32)16(9-10-35-2)25-20(31)15(23)11-13-3-5-14(27)6-4-13/h3-6,12,15-17,27H,7-11,23H2,1-2H3,(H,24,32)(H,25,31)(H,26,30)(H,28,29)(H,33,34). The smallest absolute Gasteiger partial charge is 0.326 e. The van der Waals surface area contributed by atoms with Crippen molar-refractivity contribution in [2.75, 3.05) is 12.0 Å². The number of benzene rings is 1. The maximum Gasteiger partial charge on any atom is 0.326 e. The Bertz CT molecular complexity index is 896. The van der Waals surface area contributed by atoms with Crippen molar-refractivity contribution in [2.24, 2.45) is 5.73 Å². The number of nitrogens with two attached hydrogens (primary N) is 1. The van der Waals surface area contributed by atoms with Crippen LogP contribution >= 0.6 is 11.8 Å². The molecule has 0 aliphatic heterocycles. The summed E-state index contributed by atoms with van der Waals surface area (Å²) in [6.07, 6.45) is 1.49. The molecule has 0 saturated heterocycles. The number of thioether (sulfide) groups is 1. The van der Waals surface area contributed by atoms with Crippen LogP contribution in [0.1, 0.15) is 31.7 Å². The Morgan fingerprint density at radius 1 is 0.914 bits per heavy atom. The zero-order chi connectivity index (χ0) is 26.5. The minimum atomic E-state index is -1.43. The molecular formula is C22H32N4O8S. The van der Waals surface area contributed by atoms with Crippen molar-refractivity contribution >= 4 is 41.4 Å². The number of hydrogen-bond acceptors (Lipinski definition) is 8. The fourth-order valence-electron chi connectivity index (χ4n) is 2.96. The molecule has 35 heavy (non-hydrogen) atoms. The molecule has 0 fully saturated rings. The third-order valence-corrected chi connectivity index (χ3v) is 5.63. The van der Waals surface area contributed by atoms with Crippen molar-refractivity contribution in [1.29, 1.82) is 0 Å². The Labute approximate surface area is 207 Å². The second-order valence-electron chi connectivity index (χ2n) is 7.88. The molecule has 1 aromatic rings. The largest absolute Gasteiger partial charge is 0.508 e. The molecule has 0 aliphatic rings. The van der Waals surface area contributed by atoms with Gasteiger partial charge in [0.2, 0.25) is 17.7 Å². The summed E-state index contributed by atoms with van der Waals surface area (Å²) in [5, 5.41) is 34.5. The lowest BCUT2D eigenvalue weighted by Crippen LogP contribution is -2.56. The average Bonchev–Trinajstić information content (AvgIpc) is 2.79. The van der Waals surface area contributed by atoms with Crippen LogP contribution in [0.2, 0.25) is 0 Å². The van der Waals surface area contributed by atoms with E-state index in [1.54, 1.807) is 12.1 Å². The number of amides is 3. The first-order valence-electron chi connectivity index (χ1n) is 10.8. The van der Waals surface area contributed by atoms with Gasteiger partial charge in [0, 0.05) is 6.42 Å². The van der Waals surface area contributed by atoms with Crippen LogP contribution in [0.5, 0.6) is 5.75 Å². The van der Waals surface area contributed by atoms with Gasteiger partial charge in [-0.3, -0.25) is 19.2 Å². The van der Waals surface area contributed by atoms with Crippen molar-refractivity contribution in [2.45, 2.75) is 56.8 Å². The quantitative estimate of drug-likeness (QED) is 0.159. The van der Waals surface area contributed by atoms with Gasteiger partial charge in [-0.15, -0.1) is 0 Å². The van der Waals surface area contributed by atoms with Crippen molar-refractivity contribution < 1.29 is 39.3 Å². The molecule has 1 rings (SSSR count). The van der Waals surface area contributed by atoms with E-state index in [0.29, 0.717) is 5.75 Å². The molecule has 194 valence electrons. The number of rotatable bonds is 15. The number of carboxylic acids is 2. The SMILES string of the molecule is CSCCC(NC(=O)C(N)Cc1ccc(O)cc1)C(=O)NC(C)C(=O)NC(CCC(=O)O)C(=O)O. The molecule has 1 aromatic carbocycles. The summed E-state index contributed by atoms with van der Waals surface area (Å²) in [6.45, 7) is 1.34. The molecule has 4 atom stereocenters. The highest BCUT2D eigenvalue weighted by molar-refractivity contribution is 7.98. The molecule has 0 spiro atoms. The maximum atomic E-state index is 12.8. The topological polar surface area (TPSA) is 208 Å². The molecule has 3 amide bonds. The number of carbonyl (C=O) groups excluding carboxylic acids is 3. The summed E-state index contributed by atoms with van der Waals surface area (Å²) in [6, 6.07) is 1.67. The van der Waals surface area contributed by atoms with E-state index in [-0.39, 0.29) is 25.0 Å². The first-order valence-corrected chi connectivity index (χ1v) is 12.2. The number of hydrogen-bond donors (Lipinski definition) is 7. The van der Waals surface area contributed by atoms with Crippen molar-refractivity contribution in [3.8, 4) is 5.75 Å². The Hall–Kier alpha value is -3.32. The van der Waals surface area contributed by atoms with E-state index in [9.17, 15) is 34.2 Å². The van der Waals surface area contributed by atoms with Gasteiger partial charge in [-0.2, -0.15) is 11.8 Å². The van der Waals surface area contributed by atoms with E-state index < -0.39 is 60.2 Å². The zero-order valence-corrected chi connectivity index (χ0v) is 20.3. The molecule has 8 N–H and O–H groups in total. The van der Waals surface area contributed by atoms with E-state index in [4.69, 9.17) is 10.8 Å². The maximum absolute atomic E-state index is 12.8. The summed E-state index contributed by atoms with van der Waals surface area (Å²) in [4.78, 5) is 59.7. The van der Waals surface area contributed by atoms with Gasteiger partial charge in [0.05, 0.1) is 6.04 Å². The molecule has 0 aliphatic carbocycles. The Morgan fingerprint density at radius 3 is 2.06 bits per heavy atom. The second-order valence-corrected chi connectivity index (χ2v) is 8.87. The highest BCUT2D eigenvalue weighted by atomic mass is 32.2. The monoisotopic (exact) mass is 512 g/mol. The van der Waals surface area contributed by atoms with E-state index in [2.05, 4.69) is 16.0 Å². The van der Waals surface area contributed by atoms with E-state index >= 15 is 0 Å². The molecule has 0 saturated carbocycles. The van der Waals surface area contributed by atoms with Gasteiger partial charge >= 0.3 is 11.9 Å². The first kappa shape index (κ1) is 29.7. The van der Waals surface area contributed by atoms with E-state index in [0.717, 1.165) is 5.56 Å². The third kappa shape index (κ3) is 11.1. The van der Waals surface area contributed by atoms with Gasteiger partial charge in [0.25, 0.3) is 0 Å². The molecule has 0 radical (unpaired) electrons. The number of phenolic OH excluding ortho intramolecular Hbond substituents is 1. The number of aromatic hydroxyl groups is 1. The van der Waals surface area contributed by atoms with E-state index in [1.807, 2.05) is 6.26 Å². The Balaban J connectivity index is 2.74.